The summed E-state index contributed by atoms with van der Waals surface area (Å²) in [6.07, 6.45) is 3.13. The first-order chi connectivity index (χ1) is 12.5. The minimum absolute atomic E-state index is 0.125. The molecule has 2 atom stereocenters. The first kappa shape index (κ1) is 17.8. The number of rotatable bonds is 6. The third-order valence-corrected chi connectivity index (χ3v) is 4.45. The number of aromatic nitrogens is 1. The summed E-state index contributed by atoms with van der Waals surface area (Å²) in [7, 11) is 0. The normalized spacial score (nSPS) is 19.1. The van der Waals surface area contributed by atoms with Crippen LogP contribution >= 0.6 is 0 Å². The Morgan fingerprint density at radius 3 is 2.50 bits per heavy atom. The lowest BCUT2D eigenvalue weighted by Crippen LogP contribution is -2.29. The largest absolute Gasteiger partial charge is 0.481 e. The molecule has 1 aromatic carbocycles. The predicted octanol–water partition coefficient (Wildman–Crippen LogP) is 3.13. The number of carboxylic acid groups (broad SMARTS) is 1. The number of carboxylic acids is 1. The van der Waals surface area contributed by atoms with Crippen LogP contribution in [0, 0.1) is 17.7 Å². The van der Waals surface area contributed by atoms with E-state index < -0.39 is 11.9 Å². The topological polar surface area (TPSA) is 88.5 Å². The molecule has 0 radical (unpaired) electrons. The lowest BCUT2D eigenvalue weighted by atomic mass is 10.0. The van der Waals surface area contributed by atoms with Crippen LogP contribution in [0.25, 0.3) is 0 Å². The molecule has 136 valence electrons. The zero-order chi connectivity index (χ0) is 18.5. The number of amides is 1. The number of carbonyl (C=O) groups is 2. The third-order valence-electron chi connectivity index (χ3n) is 4.45. The molecular weight excluding hydrogens is 339 g/mol. The molecule has 0 aliphatic heterocycles. The Hall–Kier alpha value is -2.96. The Morgan fingerprint density at radius 2 is 1.88 bits per heavy atom. The highest BCUT2D eigenvalue weighted by Gasteiger charge is 2.33. The number of ether oxygens (including phenoxy) is 1. The summed E-state index contributed by atoms with van der Waals surface area (Å²) in [5, 5.41) is 11.8. The van der Waals surface area contributed by atoms with Crippen molar-refractivity contribution >= 4 is 11.9 Å². The van der Waals surface area contributed by atoms with Gasteiger partial charge in [-0.15, -0.1) is 0 Å². The maximum absolute atomic E-state index is 12.9. The van der Waals surface area contributed by atoms with Crippen LogP contribution in [0.3, 0.4) is 0 Å². The molecule has 1 aromatic heterocycles. The van der Waals surface area contributed by atoms with Gasteiger partial charge in [-0.2, -0.15) is 0 Å². The molecule has 6 nitrogen and oxygen atoms in total. The summed E-state index contributed by atoms with van der Waals surface area (Å²) in [6.45, 7) is 0.316. The highest BCUT2D eigenvalue weighted by atomic mass is 19.1. The molecule has 7 heteroatoms. The zero-order valence-corrected chi connectivity index (χ0v) is 14.0. The van der Waals surface area contributed by atoms with Gasteiger partial charge in [-0.1, -0.05) is 6.07 Å². The van der Waals surface area contributed by atoms with Crippen molar-refractivity contribution in [3.63, 3.8) is 0 Å². The lowest BCUT2D eigenvalue weighted by molar-refractivity contribution is -0.141. The molecule has 1 fully saturated rings. The number of hydrogen-bond donors (Lipinski definition) is 2. The van der Waals surface area contributed by atoms with E-state index in [0.29, 0.717) is 37.4 Å². The highest BCUT2D eigenvalue weighted by molar-refractivity contribution is 5.80. The van der Waals surface area contributed by atoms with Gasteiger partial charge in [0, 0.05) is 24.7 Å². The van der Waals surface area contributed by atoms with Crippen LogP contribution in [0.2, 0.25) is 0 Å². The van der Waals surface area contributed by atoms with Crippen molar-refractivity contribution in [1.29, 1.82) is 0 Å². The SMILES string of the molecule is O=C(O)[C@@H]1CC[C@H](C(=O)NCc2ccc(Oc3ccc(F)cc3)nc2)C1. The fourth-order valence-electron chi connectivity index (χ4n) is 2.98. The van der Waals surface area contributed by atoms with Crippen molar-refractivity contribution in [3.05, 3.63) is 54.0 Å². The summed E-state index contributed by atoms with van der Waals surface area (Å²) in [6, 6.07) is 9.07. The zero-order valence-electron chi connectivity index (χ0n) is 14.0. The van der Waals surface area contributed by atoms with Crippen molar-refractivity contribution in [2.75, 3.05) is 0 Å². The van der Waals surface area contributed by atoms with Gasteiger partial charge in [0.05, 0.1) is 5.92 Å². The van der Waals surface area contributed by atoms with Crippen LogP contribution in [0.4, 0.5) is 4.39 Å². The van der Waals surface area contributed by atoms with E-state index in [2.05, 4.69) is 10.3 Å². The maximum Gasteiger partial charge on any atom is 0.306 e. The number of nitrogens with zero attached hydrogens (tertiary/aromatic N) is 1. The summed E-state index contributed by atoms with van der Waals surface area (Å²) in [5.41, 5.74) is 0.803. The van der Waals surface area contributed by atoms with Gasteiger partial charge in [-0.05, 0) is 49.1 Å². The van der Waals surface area contributed by atoms with Crippen molar-refractivity contribution in [2.24, 2.45) is 11.8 Å². The van der Waals surface area contributed by atoms with Crippen molar-refractivity contribution in [1.82, 2.24) is 10.3 Å². The van der Waals surface area contributed by atoms with E-state index in [1.807, 2.05) is 0 Å². The van der Waals surface area contributed by atoms with E-state index in [1.54, 1.807) is 18.3 Å². The molecule has 3 rings (SSSR count). The van der Waals surface area contributed by atoms with E-state index in [4.69, 9.17) is 9.84 Å². The van der Waals surface area contributed by atoms with Gasteiger partial charge in [-0.3, -0.25) is 9.59 Å². The van der Waals surface area contributed by atoms with Crippen molar-refractivity contribution in [3.8, 4) is 11.6 Å². The van der Waals surface area contributed by atoms with Gasteiger partial charge in [-0.25, -0.2) is 9.37 Å². The average Bonchev–Trinajstić information content (AvgIpc) is 3.13. The Labute approximate surface area is 150 Å². The molecular formula is C19H19FN2O4. The van der Waals surface area contributed by atoms with Gasteiger partial charge in [0.25, 0.3) is 0 Å². The second kappa shape index (κ2) is 7.95. The first-order valence-electron chi connectivity index (χ1n) is 8.40. The minimum atomic E-state index is -0.832. The van der Waals surface area contributed by atoms with Gasteiger partial charge >= 0.3 is 5.97 Å². The molecule has 0 saturated heterocycles. The van der Waals surface area contributed by atoms with Gasteiger partial charge in [0.15, 0.2) is 0 Å². The molecule has 1 amide bonds. The number of nitrogens with one attached hydrogen (secondary N) is 1. The Morgan fingerprint density at radius 1 is 1.15 bits per heavy atom. The van der Waals surface area contributed by atoms with E-state index >= 15 is 0 Å². The summed E-state index contributed by atoms with van der Waals surface area (Å²) < 4.78 is 18.4. The third kappa shape index (κ3) is 4.56. The van der Waals surface area contributed by atoms with E-state index in [1.165, 1.54) is 24.3 Å². The number of aliphatic carboxylic acids is 1. The second-order valence-electron chi connectivity index (χ2n) is 6.32. The highest BCUT2D eigenvalue weighted by Crippen LogP contribution is 2.31. The van der Waals surface area contributed by atoms with Crippen LogP contribution in [0.15, 0.2) is 42.6 Å². The van der Waals surface area contributed by atoms with Gasteiger partial charge in [0.2, 0.25) is 11.8 Å². The number of carbonyl (C=O) groups excluding carboxylic acids is 1. The molecule has 2 N–H and O–H groups in total. The second-order valence-corrected chi connectivity index (χ2v) is 6.32. The van der Waals surface area contributed by atoms with E-state index in [0.717, 1.165) is 5.56 Å². The molecule has 0 unspecified atom stereocenters. The smallest absolute Gasteiger partial charge is 0.306 e. The fourth-order valence-corrected chi connectivity index (χ4v) is 2.98. The number of benzene rings is 1. The fraction of sp³-hybridized carbons (Fsp3) is 0.316. The lowest BCUT2D eigenvalue weighted by Gasteiger charge is -2.11. The van der Waals surface area contributed by atoms with Crippen LogP contribution in [-0.4, -0.2) is 22.0 Å². The van der Waals surface area contributed by atoms with Crippen molar-refractivity contribution < 1.29 is 23.8 Å². The van der Waals surface area contributed by atoms with Crippen LogP contribution < -0.4 is 10.1 Å². The molecule has 1 saturated carbocycles. The Kier molecular flexibility index (Phi) is 5.46. The quantitative estimate of drug-likeness (QED) is 0.828. The molecule has 1 heterocycles. The number of halogens is 1. The number of hydrogen-bond acceptors (Lipinski definition) is 4. The number of pyridine rings is 1. The van der Waals surface area contributed by atoms with Crippen LogP contribution in [0.1, 0.15) is 24.8 Å². The molecule has 0 spiro atoms. The average molecular weight is 358 g/mol. The van der Waals surface area contributed by atoms with Gasteiger partial charge in [0.1, 0.15) is 11.6 Å². The predicted molar refractivity (Wildman–Crippen MR) is 91.0 cm³/mol. The van der Waals surface area contributed by atoms with Gasteiger partial charge < -0.3 is 15.2 Å². The monoisotopic (exact) mass is 358 g/mol. The van der Waals surface area contributed by atoms with Crippen molar-refractivity contribution in [2.45, 2.75) is 25.8 Å². The van der Waals surface area contributed by atoms with E-state index in [-0.39, 0.29) is 17.6 Å². The summed E-state index contributed by atoms with van der Waals surface area (Å²) in [5.74, 6) is -1.11. The Balaban J connectivity index is 1.49. The molecule has 2 aromatic rings. The molecule has 1 aliphatic rings. The minimum Gasteiger partial charge on any atom is -0.481 e. The molecule has 0 bridgehead atoms. The first-order valence-corrected chi connectivity index (χ1v) is 8.40. The summed E-state index contributed by atoms with van der Waals surface area (Å²) in [4.78, 5) is 27.3. The molecule has 1 aliphatic carbocycles. The molecule has 26 heavy (non-hydrogen) atoms. The van der Waals surface area contributed by atoms with E-state index in [9.17, 15) is 14.0 Å². The van der Waals surface area contributed by atoms with Crippen LogP contribution in [0.5, 0.6) is 11.6 Å². The summed E-state index contributed by atoms with van der Waals surface area (Å²) >= 11 is 0. The Bertz CT molecular complexity index is 777. The maximum atomic E-state index is 12.9. The van der Waals surface area contributed by atoms with Crippen LogP contribution in [-0.2, 0) is 16.1 Å². The standard InChI is InChI=1S/C19H19FN2O4/c20-15-4-6-16(7-5-15)26-17-8-1-12(10-21-17)11-22-18(23)13-2-3-14(9-13)19(24)25/h1,4-8,10,13-14H,2-3,9,11H2,(H,22,23)(H,24,25)/t13-,14+/m0/s1.